The molecule has 7 heteroatoms. The number of nitro benzene ring substituents is 1. The number of rotatable bonds is 5. The molecule has 144 valence electrons. The van der Waals surface area contributed by atoms with Crippen molar-refractivity contribution < 1.29 is 15.1 Å². The van der Waals surface area contributed by atoms with E-state index in [4.69, 9.17) is 0 Å². The molecule has 0 bridgehead atoms. The number of hydrogen-bond donors (Lipinski definition) is 2. The lowest BCUT2D eigenvalue weighted by Crippen LogP contribution is -2.15. The molecule has 0 aromatic heterocycles. The fourth-order valence-corrected chi connectivity index (χ4v) is 2.87. The summed E-state index contributed by atoms with van der Waals surface area (Å²) in [5.74, 6) is -0.620. The monoisotopic (exact) mass is 379 g/mol. The van der Waals surface area contributed by atoms with E-state index in [2.05, 4.69) is 10.2 Å². The van der Waals surface area contributed by atoms with Crippen molar-refractivity contribution in [2.45, 2.75) is 32.6 Å². The van der Waals surface area contributed by atoms with E-state index in [1.165, 1.54) is 12.1 Å². The summed E-state index contributed by atoms with van der Waals surface area (Å²) in [6.45, 7) is 5.90. The number of nitro groups is 1. The first-order valence-corrected chi connectivity index (χ1v) is 8.89. The molecule has 0 aliphatic carbocycles. The van der Waals surface area contributed by atoms with Gasteiger partial charge in [0, 0.05) is 11.5 Å². The van der Waals surface area contributed by atoms with Crippen LogP contribution in [0, 0.1) is 10.1 Å². The first-order valence-electron chi connectivity index (χ1n) is 8.89. The zero-order valence-electron chi connectivity index (χ0n) is 15.9. The minimum Gasteiger partial charge on any atom is -0.506 e. The minimum absolute atomic E-state index is 0.0157. The maximum absolute atomic E-state index is 11.4. The van der Waals surface area contributed by atoms with Crippen molar-refractivity contribution in [3.05, 3.63) is 64.2 Å². The molecule has 0 unspecified atom stereocenters. The Kier molecular flexibility index (Phi) is 5.00. The van der Waals surface area contributed by atoms with Gasteiger partial charge in [0.05, 0.1) is 4.92 Å². The highest BCUT2D eigenvalue weighted by molar-refractivity contribution is 5.95. The number of fused-ring (bicyclic) bond motifs is 1. The van der Waals surface area contributed by atoms with Crippen LogP contribution in [0.3, 0.4) is 0 Å². The smallest absolute Gasteiger partial charge is 0.313 e. The second kappa shape index (κ2) is 7.26. The molecular weight excluding hydrogens is 358 g/mol. The topological polar surface area (TPSA) is 108 Å². The molecule has 0 amide bonds. The lowest BCUT2D eigenvalue weighted by Gasteiger charge is -2.23. The molecule has 3 aromatic rings. The Morgan fingerprint density at radius 3 is 2.46 bits per heavy atom. The summed E-state index contributed by atoms with van der Waals surface area (Å²) >= 11 is 0. The standard InChI is InChI=1S/C21H21N3O4/c1-4-21(2,3)14-11-16(20(26)17(12-14)24(27)28)22-23-19-15-8-6-5-7-13(15)9-10-18(19)25/h5-12,25-26H,4H2,1-3H3/b23-22+. The van der Waals surface area contributed by atoms with E-state index >= 15 is 0 Å². The van der Waals surface area contributed by atoms with E-state index in [1.807, 2.05) is 39.0 Å². The Bertz CT molecular complexity index is 1090. The maximum atomic E-state index is 11.4. The van der Waals surface area contributed by atoms with Crippen LogP contribution in [0.5, 0.6) is 11.5 Å². The molecule has 0 radical (unpaired) electrons. The highest BCUT2D eigenvalue weighted by Crippen LogP contribution is 2.43. The molecule has 0 fully saturated rings. The molecular formula is C21H21N3O4. The predicted molar refractivity (Wildman–Crippen MR) is 108 cm³/mol. The quantitative estimate of drug-likeness (QED) is 0.310. The van der Waals surface area contributed by atoms with Crippen LogP contribution in [0.25, 0.3) is 10.8 Å². The average molecular weight is 379 g/mol. The second-order valence-corrected chi connectivity index (χ2v) is 7.21. The van der Waals surface area contributed by atoms with Gasteiger partial charge in [-0.05, 0) is 34.9 Å². The van der Waals surface area contributed by atoms with Crippen molar-refractivity contribution in [3.63, 3.8) is 0 Å². The van der Waals surface area contributed by atoms with Crippen LogP contribution in [0.4, 0.5) is 17.1 Å². The largest absolute Gasteiger partial charge is 0.506 e. The van der Waals surface area contributed by atoms with Crippen molar-refractivity contribution in [3.8, 4) is 11.5 Å². The fourth-order valence-electron chi connectivity index (χ4n) is 2.87. The average Bonchev–Trinajstić information content (AvgIpc) is 2.67. The highest BCUT2D eigenvalue weighted by atomic mass is 16.6. The number of azo groups is 1. The molecule has 3 rings (SSSR count). The fraction of sp³-hybridized carbons (Fsp3) is 0.238. The van der Waals surface area contributed by atoms with Gasteiger partial charge >= 0.3 is 5.69 Å². The van der Waals surface area contributed by atoms with Gasteiger partial charge in [0.25, 0.3) is 0 Å². The Hall–Kier alpha value is -3.48. The van der Waals surface area contributed by atoms with Crippen LogP contribution in [-0.4, -0.2) is 15.1 Å². The first-order chi connectivity index (χ1) is 13.2. The summed E-state index contributed by atoms with van der Waals surface area (Å²) in [5.41, 5.74) is 0.133. The van der Waals surface area contributed by atoms with E-state index in [-0.39, 0.29) is 22.5 Å². The lowest BCUT2D eigenvalue weighted by atomic mass is 9.82. The summed E-state index contributed by atoms with van der Waals surface area (Å²) in [6.07, 6.45) is 0.746. The van der Waals surface area contributed by atoms with Gasteiger partial charge < -0.3 is 10.2 Å². The van der Waals surface area contributed by atoms with Crippen LogP contribution in [0.1, 0.15) is 32.8 Å². The molecule has 0 aliphatic heterocycles. The third kappa shape index (κ3) is 3.51. The zero-order chi connectivity index (χ0) is 20.5. The zero-order valence-corrected chi connectivity index (χ0v) is 15.9. The number of aromatic hydroxyl groups is 2. The molecule has 0 saturated carbocycles. The third-order valence-corrected chi connectivity index (χ3v) is 5.07. The van der Waals surface area contributed by atoms with E-state index in [1.54, 1.807) is 18.2 Å². The van der Waals surface area contributed by atoms with Gasteiger partial charge in [0.15, 0.2) is 0 Å². The summed E-state index contributed by atoms with van der Waals surface area (Å²) in [7, 11) is 0. The summed E-state index contributed by atoms with van der Waals surface area (Å²) < 4.78 is 0. The van der Waals surface area contributed by atoms with Crippen LogP contribution in [0.15, 0.2) is 58.8 Å². The number of benzene rings is 3. The Morgan fingerprint density at radius 1 is 1.07 bits per heavy atom. The highest BCUT2D eigenvalue weighted by Gasteiger charge is 2.26. The molecule has 0 aliphatic rings. The summed E-state index contributed by atoms with van der Waals surface area (Å²) in [5, 5.41) is 41.6. The normalized spacial score (nSPS) is 12.0. The lowest BCUT2D eigenvalue weighted by molar-refractivity contribution is -0.385. The molecule has 2 N–H and O–H groups in total. The third-order valence-electron chi connectivity index (χ3n) is 5.07. The molecule has 0 saturated heterocycles. The van der Waals surface area contributed by atoms with Gasteiger partial charge in [-0.1, -0.05) is 51.1 Å². The van der Waals surface area contributed by atoms with Crippen LogP contribution in [0.2, 0.25) is 0 Å². The SMILES string of the molecule is CCC(C)(C)c1cc(/N=N/c2c(O)ccc3ccccc23)c(O)c([N+](=O)[O-])c1. The molecule has 0 spiro atoms. The predicted octanol–water partition coefficient (Wildman–Crippen LogP) is 6.26. The Morgan fingerprint density at radius 2 is 1.79 bits per heavy atom. The molecule has 28 heavy (non-hydrogen) atoms. The van der Waals surface area contributed by atoms with Crippen LogP contribution in [-0.2, 0) is 5.41 Å². The van der Waals surface area contributed by atoms with Gasteiger partial charge in [0.1, 0.15) is 17.1 Å². The van der Waals surface area contributed by atoms with Crippen molar-refractivity contribution in [2.75, 3.05) is 0 Å². The van der Waals surface area contributed by atoms with Crippen molar-refractivity contribution in [1.82, 2.24) is 0 Å². The van der Waals surface area contributed by atoms with Gasteiger partial charge in [-0.3, -0.25) is 10.1 Å². The first kappa shape index (κ1) is 19.3. The van der Waals surface area contributed by atoms with Gasteiger partial charge in [-0.2, -0.15) is 0 Å². The number of nitrogens with zero attached hydrogens (tertiary/aromatic N) is 3. The number of phenolic OH excluding ortho intramolecular Hbond substituents is 2. The van der Waals surface area contributed by atoms with Gasteiger partial charge in [0.2, 0.25) is 5.75 Å². The molecule has 3 aromatic carbocycles. The van der Waals surface area contributed by atoms with Crippen molar-refractivity contribution in [2.24, 2.45) is 10.2 Å². The van der Waals surface area contributed by atoms with Crippen molar-refractivity contribution in [1.29, 1.82) is 0 Å². The molecule has 0 heterocycles. The minimum atomic E-state index is -0.640. The number of phenols is 2. The maximum Gasteiger partial charge on any atom is 0.313 e. The number of hydrogen-bond acceptors (Lipinski definition) is 6. The van der Waals surface area contributed by atoms with Crippen LogP contribution < -0.4 is 0 Å². The van der Waals surface area contributed by atoms with E-state index in [0.717, 1.165) is 11.8 Å². The summed E-state index contributed by atoms with van der Waals surface area (Å²) in [4.78, 5) is 10.7. The Balaban J connectivity index is 2.17. The van der Waals surface area contributed by atoms with Gasteiger partial charge in [-0.25, -0.2) is 0 Å². The van der Waals surface area contributed by atoms with E-state index in [0.29, 0.717) is 10.9 Å². The Labute approximate surface area is 162 Å². The van der Waals surface area contributed by atoms with E-state index in [9.17, 15) is 20.3 Å². The molecule has 0 atom stereocenters. The molecule has 7 nitrogen and oxygen atoms in total. The van der Waals surface area contributed by atoms with Gasteiger partial charge in [-0.15, -0.1) is 10.2 Å². The summed E-state index contributed by atoms with van der Waals surface area (Å²) in [6, 6.07) is 13.6. The van der Waals surface area contributed by atoms with Crippen molar-refractivity contribution >= 4 is 27.8 Å². The van der Waals surface area contributed by atoms with Crippen LogP contribution >= 0.6 is 0 Å². The van der Waals surface area contributed by atoms with E-state index < -0.39 is 16.4 Å². The second-order valence-electron chi connectivity index (χ2n) is 7.21.